The van der Waals surface area contributed by atoms with Gasteiger partial charge in [0.25, 0.3) is 0 Å². The third-order valence-electron chi connectivity index (χ3n) is 2.91. The molecule has 0 fully saturated rings. The van der Waals surface area contributed by atoms with E-state index in [4.69, 9.17) is 5.14 Å². The minimum Gasteiger partial charge on any atom is -0.261 e. The molecule has 0 saturated heterocycles. The molecule has 4 heteroatoms. The van der Waals surface area contributed by atoms with Crippen LogP contribution in [0.5, 0.6) is 0 Å². The van der Waals surface area contributed by atoms with Gasteiger partial charge in [-0.15, -0.1) is 0 Å². The largest absolute Gasteiger partial charge is 0.261 e. The van der Waals surface area contributed by atoms with Crippen LogP contribution in [0, 0.1) is 6.92 Å². The van der Waals surface area contributed by atoms with Gasteiger partial charge in [0.2, 0.25) is 0 Å². The molecule has 0 aliphatic rings. The average molecular weight is 240 g/mol. The Hall–Kier alpha value is -0.740. The lowest BCUT2D eigenvalue weighted by Gasteiger charge is -2.18. The van der Waals surface area contributed by atoms with Crippen molar-refractivity contribution in [2.24, 2.45) is 5.14 Å². The second-order valence-electron chi connectivity index (χ2n) is 4.21. The summed E-state index contributed by atoms with van der Waals surface area (Å²) >= 11 is 0. The van der Waals surface area contributed by atoms with Gasteiger partial charge in [-0.25, -0.2) is 4.21 Å². The molecule has 1 aromatic heterocycles. The quantitative estimate of drug-likeness (QED) is 0.858. The molecule has 0 radical (unpaired) electrons. The number of nitrogens with zero attached hydrogens (tertiary/aromatic N) is 1. The second-order valence-corrected chi connectivity index (χ2v) is 5.67. The van der Waals surface area contributed by atoms with Gasteiger partial charge in [0, 0.05) is 17.1 Å². The van der Waals surface area contributed by atoms with Crippen molar-refractivity contribution < 1.29 is 4.21 Å². The van der Waals surface area contributed by atoms with Crippen LogP contribution in [0.3, 0.4) is 0 Å². The van der Waals surface area contributed by atoms with Crippen molar-refractivity contribution in [1.29, 1.82) is 0 Å². The van der Waals surface area contributed by atoms with Crippen LogP contribution < -0.4 is 5.14 Å². The summed E-state index contributed by atoms with van der Waals surface area (Å²) in [6.07, 6.45) is 3.78. The lowest BCUT2D eigenvalue weighted by molar-refractivity contribution is 0.587. The lowest BCUT2D eigenvalue weighted by atomic mass is 9.93. The Bertz CT molecular complexity index is 351. The summed E-state index contributed by atoms with van der Waals surface area (Å²) in [6.45, 7) is 6.04. The van der Waals surface area contributed by atoms with Gasteiger partial charge in [0.15, 0.2) is 0 Å². The molecule has 3 nitrogen and oxygen atoms in total. The van der Waals surface area contributed by atoms with Crippen LogP contribution in [-0.4, -0.2) is 14.4 Å². The van der Waals surface area contributed by atoms with E-state index in [1.54, 1.807) is 0 Å². The first-order valence-electron chi connectivity index (χ1n) is 5.62. The molecule has 0 bridgehead atoms. The zero-order chi connectivity index (χ0) is 12.1. The number of pyridine rings is 1. The van der Waals surface area contributed by atoms with Crippen molar-refractivity contribution >= 4 is 11.0 Å². The summed E-state index contributed by atoms with van der Waals surface area (Å²) in [4.78, 5) is 4.29. The highest BCUT2D eigenvalue weighted by Gasteiger charge is 2.16. The summed E-state index contributed by atoms with van der Waals surface area (Å²) < 4.78 is 11.2. The molecular weight excluding hydrogens is 220 g/mol. The zero-order valence-electron chi connectivity index (χ0n) is 10.1. The standard InChI is InChI=1S/C12H20N2OS/c1-4-11(7-10(3)16(13)15)12-6-5-9(2)14-8-12/h5-6,8,10-11H,4,7,13H2,1-3H3/t10?,11-,16?/m1/s1. The molecule has 2 unspecified atom stereocenters. The Morgan fingerprint density at radius 1 is 1.50 bits per heavy atom. The Morgan fingerprint density at radius 3 is 2.62 bits per heavy atom. The van der Waals surface area contributed by atoms with E-state index < -0.39 is 11.0 Å². The predicted octanol–water partition coefficient (Wildman–Crippen LogP) is 2.28. The zero-order valence-corrected chi connectivity index (χ0v) is 11.0. The van der Waals surface area contributed by atoms with Gasteiger partial charge in [0.1, 0.15) is 0 Å². The summed E-state index contributed by atoms with van der Waals surface area (Å²) in [6, 6.07) is 4.12. The van der Waals surface area contributed by atoms with Gasteiger partial charge in [-0.05, 0) is 44.2 Å². The number of rotatable bonds is 5. The second kappa shape index (κ2) is 6.11. The van der Waals surface area contributed by atoms with Crippen molar-refractivity contribution in [2.45, 2.75) is 44.8 Å². The fourth-order valence-corrected chi connectivity index (χ4v) is 2.18. The van der Waals surface area contributed by atoms with E-state index in [9.17, 15) is 4.21 Å². The minimum atomic E-state index is -1.23. The van der Waals surface area contributed by atoms with Crippen LogP contribution in [0.2, 0.25) is 0 Å². The highest BCUT2D eigenvalue weighted by molar-refractivity contribution is 7.83. The molecule has 90 valence electrons. The first-order valence-corrected chi connectivity index (χ1v) is 6.89. The van der Waals surface area contributed by atoms with E-state index in [1.807, 2.05) is 26.1 Å². The lowest BCUT2D eigenvalue weighted by Crippen LogP contribution is -2.20. The van der Waals surface area contributed by atoms with E-state index in [2.05, 4.69) is 18.0 Å². The smallest absolute Gasteiger partial charge is 0.0917 e. The van der Waals surface area contributed by atoms with Gasteiger partial charge in [0.05, 0.1) is 11.0 Å². The Labute approximate surface area is 100 Å². The maximum atomic E-state index is 11.2. The third kappa shape index (κ3) is 3.68. The number of nitrogens with two attached hydrogens (primary N) is 1. The molecule has 0 spiro atoms. The molecule has 0 amide bonds. The van der Waals surface area contributed by atoms with E-state index in [0.717, 1.165) is 18.5 Å². The molecule has 0 saturated carbocycles. The molecule has 16 heavy (non-hydrogen) atoms. The first-order chi connectivity index (χ1) is 7.54. The molecule has 0 aliphatic carbocycles. The molecular formula is C12H20N2OS. The van der Waals surface area contributed by atoms with E-state index >= 15 is 0 Å². The predicted molar refractivity (Wildman–Crippen MR) is 68.4 cm³/mol. The summed E-state index contributed by atoms with van der Waals surface area (Å²) in [5.41, 5.74) is 2.24. The fraction of sp³-hybridized carbons (Fsp3) is 0.583. The van der Waals surface area contributed by atoms with Crippen molar-refractivity contribution in [3.8, 4) is 0 Å². The number of hydrogen-bond acceptors (Lipinski definition) is 2. The van der Waals surface area contributed by atoms with Gasteiger partial charge in [-0.2, -0.15) is 0 Å². The maximum Gasteiger partial charge on any atom is 0.0917 e. The van der Waals surface area contributed by atoms with Crippen LogP contribution in [0.15, 0.2) is 18.3 Å². The Kier molecular flexibility index (Phi) is 5.09. The van der Waals surface area contributed by atoms with Crippen molar-refractivity contribution in [2.75, 3.05) is 0 Å². The van der Waals surface area contributed by atoms with Crippen molar-refractivity contribution in [1.82, 2.24) is 4.98 Å². The van der Waals surface area contributed by atoms with Crippen molar-refractivity contribution in [3.63, 3.8) is 0 Å². The Balaban J connectivity index is 2.74. The average Bonchev–Trinajstić information content (AvgIpc) is 2.26. The molecule has 3 atom stereocenters. The van der Waals surface area contributed by atoms with Crippen LogP contribution in [0.1, 0.15) is 43.9 Å². The number of aromatic nitrogens is 1. The number of aryl methyl sites for hydroxylation is 1. The van der Waals surface area contributed by atoms with E-state index in [1.165, 1.54) is 5.56 Å². The Morgan fingerprint density at radius 2 is 2.19 bits per heavy atom. The maximum absolute atomic E-state index is 11.2. The van der Waals surface area contributed by atoms with Gasteiger partial charge >= 0.3 is 0 Å². The van der Waals surface area contributed by atoms with Crippen LogP contribution in [0.4, 0.5) is 0 Å². The van der Waals surface area contributed by atoms with E-state index in [-0.39, 0.29) is 5.25 Å². The molecule has 1 heterocycles. The monoisotopic (exact) mass is 240 g/mol. The molecule has 2 N–H and O–H groups in total. The SMILES string of the molecule is CC[C@H](CC(C)S(N)=O)c1ccc(C)nc1. The van der Waals surface area contributed by atoms with Gasteiger partial charge in [-0.3, -0.25) is 10.1 Å². The van der Waals surface area contributed by atoms with Crippen molar-refractivity contribution in [3.05, 3.63) is 29.6 Å². The summed E-state index contributed by atoms with van der Waals surface area (Å²) in [5.74, 6) is 0.399. The summed E-state index contributed by atoms with van der Waals surface area (Å²) in [7, 11) is -1.23. The number of hydrogen-bond donors (Lipinski definition) is 1. The normalized spacial score (nSPS) is 16.8. The van der Waals surface area contributed by atoms with Crippen LogP contribution in [0.25, 0.3) is 0 Å². The molecule has 0 aliphatic heterocycles. The molecule has 1 rings (SSSR count). The molecule has 1 aromatic rings. The third-order valence-corrected chi connectivity index (χ3v) is 3.90. The highest BCUT2D eigenvalue weighted by atomic mass is 32.2. The highest BCUT2D eigenvalue weighted by Crippen LogP contribution is 2.25. The van der Waals surface area contributed by atoms with Crippen LogP contribution >= 0.6 is 0 Å². The summed E-state index contributed by atoms with van der Waals surface area (Å²) in [5, 5.41) is 5.43. The van der Waals surface area contributed by atoms with Gasteiger partial charge < -0.3 is 0 Å². The van der Waals surface area contributed by atoms with Gasteiger partial charge in [-0.1, -0.05) is 13.0 Å². The fourth-order valence-electron chi connectivity index (χ4n) is 1.75. The van der Waals surface area contributed by atoms with Crippen LogP contribution in [-0.2, 0) is 11.0 Å². The van der Waals surface area contributed by atoms with E-state index in [0.29, 0.717) is 5.92 Å². The minimum absolute atomic E-state index is 0.0336. The first kappa shape index (κ1) is 13.3. The molecule has 0 aromatic carbocycles. The topological polar surface area (TPSA) is 56.0 Å².